The van der Waals surface area contributed by atoms with Crippen LogP contribution in [0.5, 0.6) is 5.75 Å². The number of carbonyl (C=O) groups excluding carboxylic acids is 1. The van der Waals surface area contributed by atoms with Crippen LogP contribution in [-0.4, -0.2) is 26.8 Å². The molecule has 0 spiro atoms. The van der Waals surface area contributed by atoms with Gasteiger partial charge in [0.2, 0.25) is 11.1 Å². The summed E-state index contributed by atoms with van der Waals surface area (Å²) in [5, 5.41) is 10.3. The van der Waals surface area contributed by atoms with E-state index in [0.29, 0.717) is 17.6 Å². The molecule has 0 radical (unpaired) electrons. The van der Waals surface area contributed by atoms with E-state index in [1.165, 1.54) is 11.8 Å². The lowest BCUT2D eigenvalue weighted by Crippen LogP contribution is -2.14. The molecule has 1 amide bonds. The number of rotatable bonds is 7. The van der Waals surface area contributed by atoms with Crippen molar-refractivity contribution in [1.82, 2.24) is 15.2 Å². The number of ether oxygens (including phenoxy) is 1. The second kappa shape index (κ2) is 8.53. The first-order chi connectivity index (χ1) is 12.6. The Labute approximate surface area is 156 Å². The summed E-state index contributed by atoms with van der Waals surface area (Å²) in [7, 11) is 0. The second-order valence-corrected chi connectivity index (χ2v) is 6.77. The minimum atomic E-state index is -0.0943. The van der Waals surface area contributed by atoms with E-state index >= 15 is 0 Å². The summed E-state index contributed by atoms with van der Waals surface area (Å²) in [5.41, 5.74) is 2.95. The minimum absolute atomic E-state index is 0.0943. The summed E-state index contributed by atoms with van der Waals surface area (Å²) >= 11 is 1.28. The number of amides is 1. The minimum Gasteiger partial charge on any atom is -0.485 e. The average molecular weight is 368 g/mol. The van der Waals surface area contributed by atoms with Gasteiger partial charge >= 0.3 is 0 Å². The summed E-state index contributed by atoms with van der Waals surface area (Å²) in [4.78, 5) is 16.4. The molecule has 0 aliphatic rings. The third kappa shape index (κ3) is 5.10. The lowest BCUT2D eigenvalue weighted by molar-refractivity contribution is -0.113. The first kappa shape index (κ1) is 18.0. The van der Waals surface area contributed by atoms with Crippen LogP contribution in [0.2, 0.25) is 0 Å². The molecule has 0 atom stereocenters. The van der Waals surface area contributed by atoms with Crippen molar-refractivity contribution in [3.05, 3.63) is 65.5 Å². The number of thioether (sulfide) groups is 1. The SMILES string of the molecule is Cc1cccc(NC(=O)CSc2n[nH]c(COc3ccccc3C)n2)c1. The number of para-hydroxylation sites is 1. The summed E-state index contributed by atoms with van der Waals surface area (Å²) in [6.07, 6.45) is 0. The van der Waals surface area contributed by atoms with Gasteiger partial charge in [-0.25, -0.2) is 4.98 Å². The van der Waals surface area contributed by atoms with Gasteiger partial charge in [0, 0.05) is 5.69 Å². The Balaban J connectivity index is 1.47. The topological polar surface area (TPSA) is 79.9 Å². The fourth-order valence-corrected chi connectivity index (χ4v) is 2.94. The number of aromatic nitrogens is 3. The molecule has 7 heteroatoms. The maximum atomic E-state index is 12.0. The normalized spacial score (nSPS) is 10.5. The molecule has 3 aromatic rings. The molecule has 0 saturated carbocycles. The lowest BCUT2D eigenvalue weighted by atomic mass is 10.2. The van der Waals surface area contributed by atoms with Crippen molar-refractivity contribution in [1.29, 1.82) is 0 Å². The Bertz CT molecular complexity index is 895. The molecule has 134 valence electrons. The third-order valence-corrected chi connectivity index (χ3v) is 4.45. The van der Waals surface area contributed by atoms with Crippen molar-refractivity contribution >= 4 is 23.4 Å². The number of hydrogen-bond acceptors (Lipinski definition) is 5. The Kier molecular flexibility index (Phi) is 5.91. The molecule has 1 heterocycles. The van der Waals surface area contributed by atoms with E-state index in [9.17, 15) is 4.79 Å². The molecular formula is C19H20N4O2S. The number of hydrogen-bond donors (Lipinski definition) is 2. The molecule has 0 aliphatic heterocycles. The maximum absolute atomic E-state index is 12.0. The molecule has 0 aliphatic carbocycles. The quantitative estimate of drug-likeness (QED) is 0.621. The third-order valence-electron chi connectivity index (χ3n) is 3.60. The summed E-state index contributed by atoms with van der Waals surface area (Å²) in [5.74, 6) is 1.58. The highest BCUT2D eigenvalue weighted by atomic mass is 32.2. The molecule has 2 N–H and O–H groups in total. The molecule has 0 bridgehead atoms. The molecule has 1 aromatic heterocycles. The number of nitrogens with zero attached hydrogens (tertiary/aromatic N) is 2. The van der Waals surface area contributed by atoms with Crippen molar-refractivity contribution in [2.45, 2.75) is 25.6 Å². The van der Waals surface area contributed by atoms with Crippen molar-refractivity contribution in [3.63, 3.8) is 0 Å². The summed E-state index contributed by atoms with van der Waals surface area (Å²) in [6.45, 7) is 4.27. The number of benzene rings is 2. The molecule has 0 saturated heterocycles. The van der Waals surface area contributed by atoms with E-state index < -0.39 is 0 Å². The maximum Gasteiger partial charge on any atom is 0.234 e. The average Bonchev–Trinajstić information content (AvgIpc) is 3.07. The van der Waals surface area contributed by atoms with Crippen LogP contribution >= 0.6 is 11.8 Å². The second-order valence-electron chi connectivity index (χ2n) is 5.83. The zero-order chi connectivity index (χ0) is 18.4. The lowest BCUT2D eigenvalue weighted by Gasteiger charge is -2.06. The predicted octanol–water partition coefficient (Wildman–Crippen LogP) is 3.73. The summed E-state index contributed by atoms with van der Waals surface area (Å²) < 4.78 is 5.73. The Hall–Kier alpha value is -2.80. The van der Waals surface area contributed by atoms with E-state index in [4.69, 9.17) is 4.74 Å². The molecular weight excluding hydrogens is 348 g/mol. The van der Waals surface area contributed by atoms with Crippen molar-refractivity contribution in [2.24, 2.45) is 0 Å². The van der Waals surface area contributed by atoms with Crippen LogP contribution in [0.1, 0.15) is 17.0 Å². The van der Waals surface area contributed by atoms with Crippen molar-refractivity contribution in [2.75, 3.05) is 11.1 Å². The van der Waals surface area contributed by atoms with E-state index in [1.807, 2.05) is 62.4 Å². The van der Waals surface area contributed by atoms with Crippen LogP contribution in [0.4, 0.5) is 5.69 Å². The largest absolute Gasteiger partial charge is 0.485 e. The van der Waals surface area contributed by atoms with Crippen LogP contribution in [0.25, 0.3) is 0 Å². The first-order valence-electron chi connectivity index (χ1n) is 8.19. The zero-order valence-corrected chi connectivity index (χ0v) is 15.5. The van der Waals surface area contributed by atoms with Crippen LogP contribution in [0.15, 0.2) is 53.7 Å². The highest BCUT2D eigenvalue weighted by molar-refractivity contribution is 7.99. The van der Waals surface area contributed by atoms with Gasteiger partial charge in [-0.2, -0.15) is 0 Å². The van der Waals surface area contributed by atoms with E-state index in [1.54, 1.807) is 0 Å². The van der Waals surface area contributed by atoms with Gasteiger partial charge in [-0.3, -0.25) is 9.89 Å². The molecule has 2 aromatic carbocycles. The Morgan fingerprint density at radius 2 is 2.04 bits per heavy atom. The van der Waals surface area contributed by atoms with Gasteiger partial charge < -0.3 is 10.1 Å². The zero-order valence-electron chi connectivity index (χ0n) is 14.7. The van der Waals surface area contributed by atoms with Crippen molar-refractivity contribution in [3.8, 4) is 5.75 Å². The fourth-order valence-electron chi connectivity index (χ4n) is 2.32. The fraction of sp³-hybridized carbons (Fsp3) is 0.211. The van der Waals surface area contributed by atoms with Crippen LogP contribution in [0, 0.1) is 13.8 Å². The van der Waals surface area contributed by atoms with E-state index in [0.717, 1.165) is 22.6 Å². The first-order valence-corrected chi connectivity index (χ1v) is 9.18. The van der Waals surface area contributed by atoms with Crippen LogP contribution < -0.4 is 10.1 Å². The highest BCUT2D eigenvalue weighted by Gasteiger charge is 2.09. The van der Waals surface area contributed by atoms with Gasteiger partial charge in [-0.1, -0.05) is 42.1 Å². The van der Waals surface area contributed by atoms with Crippen LogP contribution in [0.3, 0.4) is 0 Å². The number of aromatic amines is 1. The van der Waals surface area contributed by atoms with E-state index in [2.05, 4.69) is 20.5 Å². The number of anilines is 1. The smallest absolute Gasteiger partial charge is 0.234 e. The number of carbonyl (C=O) groups is 1. The molecule has 26 heavy (non-hydrogen) atoms. The standard InChI is InChI=1S/C19H20N4O2S/c1-13-6-5-8-15(10-13)20-18(24)12-26-19-21-17(22-23-19)11-25-16-9-4-3-7-14(16)2/h3-10H,11-12H2,1-2H3,(H,20,24)(H,21,22,23). The molecule has 3 rings (SSSR count). The van der Waals surface area contributed by atoms with Gasteiger partial charge in [0.25, 0.3) is 0 Å². The molecule has 6 nitrogen and oxygen atoms in total. The van der Waals surface area contributed by atoms with Gasteiger partial charge in [0.05, 0.1) is 5.75 Å². The van der Waals surface area contributed by atoms with Gasteiger partial charge in [0.1, 0.15) is 12.4 Å². The summed E-state index contributed by atoms with van der Waals surface area (Å²) in [6, 6.07) is 15.5. The Morgan fingerprint density at radius 1 is 1.19 bits per heavy atom. The number of nitrogens with one attached hydrogen (secondary N) is 2. The Morgan fingerprint density at radius 3 is 2.85 bits per heavy atom. The van der Waals surface area contributed by atoms with Crippen molar-refractivity contribution < 1.29 is 9.53 Å². The predicted molar refractivity (Wildman–Crippen MR) is 102 cm³/mol. The monoisotopic (exact) mass is 368 g/mol. The van der Waals surface area contributed by atoms with Crippen LogP contribution in [-0.2, 0) is 11.4 Å². The molecule has 0 fully saturated rings. The number of aryl methyl sites for hydroxylation is 2. The van der Waals surface area contributed by atoms with Gasteiger partial charge in [0.15, 0.2) is 5.82 Å². The van der Waals surface area contributed by atoms with Gasteiger partial charge in [-0.15, -0.1) is 5.10 Å². The van der Waals surface area contributed by atoms with Gasteiger partial charge in [-0.05, 0) is 43.2 Å². The van der Waals surface area contributed by atoms with E-state index in [-0.39, 0.29) is 11.7 Å². The molecule has 0 unspecified atom stereocenters. The highest BCUT2D eigenvalue weighted by Crippen LogP contribution is 2.18. The number of H-pyrrole nitrogens is 1.